The minimum atomic E-state index is -3.36. The van der Waals surface area contributed by atoms with Gasteiger partial charge in [-0.2, -0.15) is 4.31 Å². The van der Waals surface area contributed by atoms with Gasteiger partial charge in [0, 0.05) is 12.7 Å². The first-order chi connectivity index (χ1) is 9.39. The van der Waals surface area contributed by atoms with Crippen molar-refractivity contribution < 1.29 is 17.9 Å². The zero-order chi connectivity index (χ0) is 15.2. The average molecular weight is 300 g/mol. The van der Waals surface area contributed by atoms with Crippen LogP contribution in [0.2, 0.25) is 0 Å². The first-order valence-electron chi connectivity index (χ1n) is 6.27. The molecule has 0 aliphatic rings. The molecule has 0 spiro atoms. The van der Waals surface area contributed by atoms with Crippen LogP contribution in [0.5, 0.6) is 5.75 Å². The molecule has 0 unspecified atom stereocenters. The molecule has 1 aromatic carbocycles. The Bertz CT molecular complexity index is 540. The molecule has 0 heterocycles. The highest BCUT2D eigenvalue weighted by Crippen LogP contribution is 2.15. The van der Waals surface area contributed by atoms with Crippen molar-refractivity contribution in [1.29, 1.82) is 0 Å². The van der Waals surface area contributed by atoms with Gasteiger partial charge < -0.3 is 10.1 Å². The van der Waals surface area contributed by atoms with Crippen molar-refractivity contribution in [2.24, 2.45) is 0 Å². The zero-order valence-electron chi connectivity index (χ0n) is 11.9. The minimum absolute atomic E-state index is 0.0410. The predicted octanol–water partition coefficient (Wildman–Crippen LogP) is 1.31. The molecule has 0 radical (unpaired) electrons. The van der Waals surface area contributed by atoms with E-state index in [2.05, 4.69) is 5.32 Å². The van der Waals surface area contributed by atoms with Crippen LogP contribution in [0, 0.1) is 0 Å². The van der Waals surface area contributed by atoms with Gasteiger partial charge in [0.05, 0.1) is 19.4 Å². The molecule has 0 aliphatic carbocycles. The number of anilines is 1. The van der Waals surface area contributed by atoms with Crippen molar-refractivity contribution in [2.75, 3.05) is 31.8 Å². The van der Waals surface area contributed by atoms with Gasteiger partial charge in [0.2, 0.25) is 15.9 Å². The lowest BCUT2D eigenvalue weighted by molar-refractivity contribution is -0.116. The molecule has 0 saturated heterocycles. The van der Waals surface area contributed by atoms with E-state index in [1.165, 1.54) is 7.05 Å². The van der Waals surface area contributed by atoms with E-state index in [9.17, 15) is 13.2 Å². The minimum Gasteiger partial charge on any atom is -0.497 e. The third-order valence-electron chi connectivity index (χ3n) is 2.68. The summed E-state index contributed by atoms with van der Waals surface area (Å²) in [5, 5.41) is 2.64. The second-order valence-electron chi connectivity index (χ2n) is 4.35. The highest BCUT2D eigenvalue weighted by atomic mass is 32.2. The normalized spacial score (nSPS) is 11.4. The number of benzene rings is 1. The van der Waals surface area contributed by atoms with E-state index in [4.69, 9.17) is 4.74 Å². The van der Waals surface area contributed by atoms with Crippen LogP contribution in [0.25, 0.3) is 0 Å². The van der Waals surface area contributed by atoms with Gasteiger partial charge in [-0.3, -0.25) is 4.79 Å². The topological polar surface area (TPSA) is 75.7 Å². The van der Waals surface area contributed by atoms with Crippen molar-refractivity contribution in [3.8, 4) is 5.75 Å². The summed E-state index contributed by atoms with van der Waals surface area (Å²) >= 11 is 0. The number of hydrogen-bond acceptors (Lipinski definition) is 4. The second-order valence-corrected chi connectivity index (χ2v) is 6.54. The maximum absolute atomic E-state index is 11.8. The summed E-state index contributed by atoms with van der Waals surface area (Å²) < 4.78 is 29.5. The zero-order valence-corrected chi connectivity index (χ0v) is 12.7. The molecule has 0 atom stereocenters. The fourth-order valence-electron chi connectivity index (χ4n) is 1.59. The van der Waals surface area contributed by atoms with E-state index in [1.807, 2.05) is 0 Å². The highest BCUT2D eigenvalue weighted by Gasteiger charge is 2.19. The van der Waals surface area contributed by atoms with Crippen LogP contribution in [-0.4, -0.2) is 45.1 Å². The van der Waals surface area contributed by atoms with Crippen LogP contribution < -0.4 is 10.1 Å². The van der Waals surface area contributed by atoms with Gasteiger partial charge in [-0.15, -0.1) is 0 Å². The number of ether oxygens (including phenoxy) is 1. The van der Waals surface area contributed by atoms with Gasteiger partial charge in [-0.1, -0.05) is 6.92 Å². The molecule has 0 aromatic heterocycles. The van der Waals surface area contributed by atoms with Crippen molar-refractivity contribution >= 4 is 21.6 Å². The number of sulfonamides is 1. The molecule has 0 fully saturated rings. The molecule has 1 aromatic rings. The summed E-state index contributed by atoms with van der Waals surface area (Å²) in [6.07, 6.45) is 0.521. The Kier molecular flexibility index (Phi) is 5.97. The summed E-state index contributed by atoms with van der Waals surface area (Å²) in [6, 6.07) is 6.81. The van der Waals surface area contributed by atoms with Crippen molar-refractivity contribution in [1.82, 2.24) is 4.31 Å². The van der Waals surface area contributed by atoms with Crippen LogP contribution in [-0.2, 0) is 14.8 Å². The van der Waals surface area contributed by atoms with Crippen LogP contribution in [0.3, 0.4) is 0 Å². The molecule has 112 valence electrons. The SMILES string of the molecule is CCCS(=O)(=O)N(C)CC(=O)Nc1ccc(OC)cc1. The predicted molar refractivity (Wildman–Crippen MR) is 78.3 cm³/mol. The monoisotopic (exact) mass is 300 g/mol. The molecule has 6 nitrogen and oxygen atoms in total. The van der Waals surface area contributed by atoms with Gasteiger partial charge in [-0.05, 0) is 30.7 Å². The Labute approximate surface area is 119 Å². The van der Waals surface area contributed by atoms with Gasteiger partial charge in [-0.25, -0.2) is 8.42 Å². The molecular weight excluding hydrogens is 280 g/mol. The molecule has 1 N–H and O–H groups in total. The summed E-state index contributed by atoms with van der Waals surface area (Å²) in [6.45, 7) is 1.58. The van der Waals surface area contributed by atoms with Gasteiger partial charge in [0.1, 0.15) is 5.75 Å². The van der Waals surface area contributed by atoms with E-state index in [0.717, 1.165) is 4.31 Å². The number of nitrogens with one attached hydrogen (secondary N) is 1. The Morgan fingerprint density at radius 2 is 1.90 bits per heavy atom. The Balaban J connectivity index is 2.58. The summed E-state index contributed by atoms with van der Waals surface area (Å²) in [4.78, 5) is 11.8. The van der Waals surface area contributed by atoms with E-state index in [-0.39, 0.29) is 18.2 Å². The number of hydrogen-bond donors (Lipinski definition) is 1. The van der Waals surface area contributed by atoms with E-state index in [0.29, 0.717) is 17.9 Å². The number of nitrogens with zero attached hydrogens (tertiary/aromatic N) is 1. The van der Waals surface area contributed by atoms with Crippen LogP contribution in [0.4, 0.5) is 5.69 Å². The third kappa shape index (κ3) is 4.82. The van der Waals surface area contributed by atoms with Gasteiger partial charge in [0.25, 0.3) is 0 Å². The lowest BCUT2D eigenvalue weighted by Gasteiger charge is -2.16. The lowest BCUT2D eigenvalue weighted by atomic mass is 10.3. The van der Waals surface area contributed by atoms with Gasteiger partial charge >= 0.3 is 0 Å². The number of amides is 1. The van der Waals surface area contributed by atoms with Crippen molar-refractivity contribution in [3.05, 3.63) is 24.3 Å². The van der Waals surface area contributed by atoms with E-state index in [1.54, 1.807) is 38.3 Å². The van der Waals surface area contributed by atoms with Crippen LogP contribution in [0.1, 0.15) is 13.3 Å². The Hall–Kier alpha value is -1.60. The highest BCUT2D eigenvalue weighted by molar-refractivity contribution is 7.89. The molecule has 0 bridgehead atoms. The van der Waals surface area contributed by atoms with E-state index >= 15 is 0 Å². The lowest BCUT2D eigenvalue weighted by Crippen LogP contribution is -2.36. The first-order valence-corrected chi connectivity index (χ1v) is 7.88. The smallest absolute Gasteiger partial charge is 0.239 e. The maximum Gasteiger partial charge on any atom is 0.239 e. The standard InChI is InChI=1S/C13H20N2O4S/c1-4-9-20(17,18)15(2)10-13(16)14-11-5-7-12(19-3)8-6-11/h5-8H,4,9-10H2,1-3H3,(H,14,16). The molecule has 0 saturated carbocycles. The Morgan fingerprint density at radius 1 is 1.30 bits per heavy atom. The molecular formula is C13H20N2O4S. The number of rotatable bonds is 7. The molecule has 0 aliphatic heterocycles. The molecule has 1 amide bonds. The number of carbonyl (C=O) groups is 1. The summed E-state index contributed by atoms with van der Waals surface area (Å²) in [5.74, 6) is 0.349. The fraction of sp³-hybridized carbons (Fsp3) is 0.462. The van der Waals surface area contributed by atoms with E-state index < -0.39 is 10.0 Å². The van der Waals surface area contributed by atoms with Crippen molar-refractivity contribution in [3.63, 3.8) is 0 Å². The quantitative estimate of drug-likeness (QED) is 0.823. The number of likely N-dealkylation sites (N-methyl/N-ethyl adjacent to an activating group) is 1. The van der Waals surface area contributed by atoms with Crippen LogP contribution >= 0.6 is 0 Å². The largest absolute Gasteiger partial charge is 0.497 e. The second kappa shape index (κ2) is 7.25. The number of carbonyl (C=O) groups excluding carboxylic acids is 1. The van der Waals surface area contributed by atoms with Crippen molar-refractivity contribution in [2.45, 2.75) is 13.3 Å². The number of methoxy groups -OCH3 is 1. The molecule has 7 heteroatoms. The van der Waals surface area contributed by atoms with Crippen LogP contribution in [0.15, 0.2) is 24.3 Å². The molecule has 1 rings (SSSR count). The average Bonchev–Trinajstić information content (AvgIpc) is 2.39. The Morgan fingerprint density at radius 3 is 2.40 bits per heavy atom. The maximum atomic E-state index is 11.8. The fourth-order valence-corrected chi connectivity index (χ4v) is 2.73. The molecule has 20 heavy (non-hydrogen) atoms. The first kappa shape index (κ1) is 16.5. The van der Waals surface area contributed by atoms with Gasteiger partial charge in [0.15, 0.2) is 0 Å². The third-order valence-corrected chi connectivity index (χ3v) is 4.68. The summed E-state index contributed by atoms with van der Waals surface area (Å²) in [5.41, 5.74) is 0.595. The summed E-state index contributed by atoms with van der Waals surface area (Å²) in [7, 11) is -0.398.